The highest BCUT2D eigenvalue weighted by Crippen LogP contribution is 2.07. The van der Waals surface area contributed by atoms with Crippen LogP contribution in [0.4, 0.5) is 0 Å². The van der Waals surface area contributed by atoms with Crippen LogP contribution < -0.4 is 0 Å². The van der Waals surface area contributed by atoms with Gasteiger partial charge in [0, 0.05) is 25.7 Å². The van der Waals surface area contributed by atoms with Gasteiger partial charge < -0.3 is 35.4 Å². The number of rotatable bonds is 14. The van der Waals surface area contributed by atoms with Gasteiger partial charge in [0.2, 0.25) is 0 Å². The standard InChI is InChI=1S/C8H18O3S2.C4H10O2S.C4H8OS.C2H7P.H2O/c1-12-5-3-7(9)11-8(10)4-6-13-2;1-7-3-2-4(5)6;1-6-4-2-3-5;1-2-3;/h7-10H,3-6H2,1-2H3;4-6H,2-3H2,1H3;3H,2,4H2,1H3;2-3H2,1H3;1H2/p+1. The van der Waals surface area contributed by atoms with E-state index in [1.165, 1.54) is 6.16 Å². The lowest BCUT2D eigenvalue weighted by molar-refractivity contribution is -0.207. The molecule has 0 aliphatic heterocycles. The van der Waals surface area contributed by atoms with Gasteiger partial charge in [-0.2, -0.15) is 47.0 Å². The molecule has 7 nitrogen and oxygen atoms in total. The van der Waals surface area contributed by atoms with Crippen LogP contribution in [0.15, 0.2) is 0 Å². The molecule has 3 unspecified atom stereocenters. The minimum absolute atomic E-state index is 0. The summed E-state index contributed by atoms with van der Waals surface area (Å²) in [6.07, 6.45) is 9.49. The van der Waals surface area contributed by atoms with Gasteiger partial charge in [-0.05, 0) is 54.2 Å². The van der Waals surface area contributed by atoms with E-state index in [9.17, 15) is 15.0 Å². The summed E-state index contributed by atoms with van der Waals surface area (Å²) in [6.45, 7) is 2.09. The predicted octanol–water partition coefficient (Wildman–Crippen LogP) is 2.09. The van der Waals surface area contributed by atoms with Gasteiger partial charge in [0.1, 0.15) is 6.29 Å². The molecule has 12 heteroatoms. The van der Waals surface area contributed by atoms with Crippen molar-refractivity contribution in [1.29, 1.82) is 0 Å². The van der Waals surface area contributed by atoms with E-state index in [-0.39, 0.29) is 5.48 Å². The van der Waals surface area contributed by atoms with Gasteiger partial charge in [-0.3, -0.25) is 0 Å². The molecular formula is C18H46O7PS4+. The first kappa shape index (κ1) is 41.5. The summed E-state index contributed by atoms with van der Waals surface area (Å²) in [5.41, 5.74) is 0. The number of aldehydes is 1. The third-order valence-electron chi connectivity index (χ3n) is 2.47. The number of carbonyl (C=O) groups excluding carboxylic acids is 1. The fraction of sp³-hybridized carbons (Fsp3) is 0.944. The molecule has 30 heavy (non-hydrogen) atoms. The molecule has 0 aliphatic rings. The van der Waals surface area contributed by atoms with Gasteiger partial charge in [-0.15, -0.1) is 9.24 Å². The Labute approximate surface area is 203 Å². The van der Waals surface area contributed by atoms with Crippen molar-refractivity contribution in [2.24, 2.45) is 0 Å². The smallest absolute Gasteiger partial charge is 0.158 e. The van der Waals surface area contributed by atoms with E-state index in [0.717, 1.165) is 29.3 Å². The van der Waals surface area contributed by atoms with Gasteiger partial charge in [-0.1, -0.05) is 6.92 Å². The van der Waals surface area contributed by atoms with E-state index in [2.05, 4.69) is 16.2 Å². The molecule has 0 bridgehead atoms. The van der Waals surface area contributed by atoms with Crippen LogP contribution in [0, 0.1) is 0 Å². The van der Waals surface area contributed by atoms with Gasteiger partial charge in [-0.25, -0.2) is 0 Å². The number of thioether (sulfide) groups is 4. The van der Waals surface area contributed by atoms with E-state index in [4.69, 9.17) is 14.9 Å². The number of ether oxygens (including phenoxy) is 1. The van der Waals surface area contributed by atoms with Crippen LogP contribution in [0.1, 0.15) is 32.6 Å². The molecule has 0 heterocycles. The fourth-order valence-corrected chi connectivity index (χ4v) is 2.80. The highest BCUT2D eigenvalue weighted by atomic mass is 32.2. The summed E-state index contributed by atoms with van der Waals surface area (Å²) < 4.78 is 4.94. The van der Waals surface area contributed by atoms with Crippen molar-refractivity contribution in [2.45, 2.75) is 51.5 Å². The Kier molecular flexibility index (Phi) is 56.2. The molecule has 0 rings (SSSR count). The number of carbonyl (C=O) groups is 1. The van der Waals surface area contributed by atoms with Crippen LogP contribution in [-0.2, 0) is 15.0 Å². The Morgan fingerprint density at radius 2 is 1.13 bits per heavy atom. The summed E-state index contributed by atoms with van der Waals surface area (Å²) in [7, 11) is 2.58. The Morgan fingerprint density at radius 3 is 1.33 bits per heavy atom. The molecule has 0 aromatic rings. The molecular weight excluding hydrogens is 487 g/mol. The van der Waals surface area contributed by atoms with E-state index < -0.39 is 18.9 Å². The molecule has 7 N–H and O–H groups in total. The zero-order valence-electron chi connectivity index (χ0n) is 19.1. The van der Waals surface area contributed by atoms with Crippen molar-refractivity contribution in [3.8, 4) is 0 Å². The van der Waals surface area contributed by atoms with Crippen LogP contribution in [0.3, 0.4) is 0 Å². The normalized spacial score (nSPS) is 11.4. The Morgan fingerprint density at radius 1 is 0.800 bits per heavy atom. The summed E-state index contributed by atoms with van der Waals surface area (Å²) in [5, 5.41) is 34.9. The first-order chi connectivity index (χ1) is 13.8. The molecule has 3 atom stereocenters. The molecule has 0 amide bonds. The van der Waals surface area contributed by atoms with Crippen LogP contribution in [0.2, 0.25) is 0 Å². The van der Waals surface area contributed by atoms with Crippen LogP contribution in [0.5, 0.6) is 0 Å². The van der Waals surface area contributed by atoms with Gasteiger partial charge >= 0.3 is 0 Å². The second-order valence-corrected chi connectivity index (χ2v) is 9.99. The number of aliphatic hydroxyl groups is 4. The lowest BCUT2D eigenvalue weighted by Crippen LogP contribution is -2.22. The highest BCUT2D eigenvalue weighted by molar-refractivity contribution is 7.99. The van der Waals surface area contributed by atoms with Crippen LogP contribution >= 0.6 is 56.3 Å². The minimum atomic E-state index is -1.12. The molecule has 0 saturated carbocycles. The third kappa shape index (κ3) is 56.9. The van der Waals surface area contributed by atoms with E-state index in [1.807, 2.05) is 25.0 Å². The number of hydrogen-bond acceptors (Lipinski definition) is 10. The number of hydrogen-bond donors (Lipinski definition) is 4. The zero-order chi connectivity index (χ0) is 23.3. The summed E-state index contributed by atoms with van der Waals surface area (Å²) in [4.78, 5) is 9.55. The number of aliphatic hydroxyl groups excluding tert-OH is 3. The maximum Gasteiger partial charge on any atom is 0.158 e. The third-order valence-corrected chi connectivity index (χ3v) is 5.05. The summed E-state index contributed by atoms with van der Waals surface area (Å²) >= 11 is 6.60. The molecule has 0 saturated heterocycles. The van der Waals surface area contributed by atoms with Crippen molar-refractivity contribution < 1.29 is 35.4 Å². The quantitative estimate of drug-likeness (QED) is 0.0862. The Hall–Kier alpha value is 1.26. The lowest BCUT2D eigenvalue weighted by atomic mass is 10.4. The van der Waals surface area contributed by atoms with Crippen LogP contribution in [-0.4, -0.2) is 99.8 Å². The maximum absolute atomic E-state index is 9.55. The van der Waals surface area contributed by atoms with E-state index in [1.54, 1.807) is 47.0 Å². The molecule has 0 fully saturated rings. The second kappa shape index (κ2) is 40.6. The fourth-order valence-electron chi connectivity index (χ4n) is 1.14. The van der Waals surface area contributed by atoms with Crippen molar-refractivity contribution >= 4 is 62.6 Å². The molecule has 0 aromatic heterocycles. The molecule has 0 spiro atoms. The molecule has 0 aromatic carbocycles. The average Bonchev–Trinajstić information content (AvgIpc) is 2.69. The van der Waals surface area contributed by atoms with E-state index in [0.29, 0.717) is 25.7 Å². The van der Waals surface area contributed by atoms with Gasteiger partial charge in [0.25, 0.3) is 0 Å². The average molecular weight is 534 g/mol. The van der Waals surface area contributed by atoms with Gasteiger partial charge in [0.15, 0.2) is 18.9 Å². The monoisotopic (exact) mass is 533 g/mol. The van der Waals surface area contributed by atoms with E-state index >= 15 is 0 Å². The second-order valence-electron chi connectivity index (χ2n) is 5.23. The van der Waals surface area contributed by atoms with Crippen molar-refractivity contribution in [3.63, 3.8) is 0 Å². The maximum atomic E-state index is 9.55. The molecule has 188 valence electrons. The summed E-state index contributed by atoms with van der Waals surface area (Å²) in [5.74, 6) is 3.47. The predicted molar refractivity (Wildman–Crippen MR) is 145 cm³/mol. The van der Waals surface area contributed by atoms with Crippen LogP contribution in [0.25, 0.3) is 0 Å². The Balaban J connectivity index is -0.000000104. The minimum Gasteiger partial charge on any atom is -0.457 e. The topological polar surface area (TPSA) is 140 Å². The first-order valence-electron chi connectivity index (χ1n) is 9.28. The van der Waals surface area contributed by atoms with Crippen molar-refractivity contribution in [3.05, 3.63) is 0 Å². The SMILES string of the molecule is CCP.CSCCC(O)O.CSCCC(O)OC(O)CCSC.CSCCC=O.[OH3+]. The Bertz CT molecular complexity index is 273. The lowest BCUT2D eigenvalue weighted by Gasteiger charge is -2.16. The van der Waals surface area contributed by atoms with Crippen molar-refractivity contribution in [1.82, 2.24) is 0 Å². The summed E-state index contributed by atoms with van der Waals surface area (Å²) in [6, 6.07) is 0. The van der Waals surface area contributed by atoms with Crippen molar-refractivity contribution in [2.75, 3.05) is 54.2 Å². The highest BCUT2D eigenvalue weighted by Gasteiger charge is 2.10. The zero-order valence-corrected chi connectivity index (χ0v) is 23.5. The largest absolute Gasteiger partial charge is 0.457 e. The molecule has 0 aliphatic carbocycles. The first-order valence-corrected chi connectivity index (χ1v) is 15.7. The van der Waals surface area contributed by atoms with Gasteiger partial charge in [0.05, 0.1) is 0 Å². The molecule has 0 radical (unpaired) electrons.